The molecule has 3 heterocycles. The van der Waals surface area contributed by atoms with Crippen LogP contribution in [0.4, 0.5) is 11.8 Å². The molecule has 11 heteroatoms. The highest BCUT2D eigenvalue weighted by Crippen LogP contribution is 2.31. The summed E-state index contributed by atoms with van der Waals surface area (Å²) >= 11 is 0. The zero-order valence-corrected chi connectivity index (χ0v) is 22.6. The molecule has 5 rings (SSSR count). The monoisotopic (exact) mass is 534 g/mol. The Bertz CT molecular complexity index is 1550. The lowest BCUT2D eigenvalue weighted by Crippen LogP contribution is -2.30. The number of H-pyrrole nitrogens is 1. The van der Waals surface area contributed by atoms with Crippen molar-refractivity contribution in [2.45, 2.75) is 33.7 Å². The van der Waals surface area contributed by atoms with Crippen molar-refractivity contribution >= 4 is 17.7 Å². The Morgan fingerprint density at radius 3 is 2.42 bits per heavy atom. The molecule has 202 valence electrons. The molecule has 3 aromatic heterocycles. The summed E-state index contributed by atoms with van der Waals surface area (Å²) in [5.74, 6) is 2.14. The van der Waals surface area contributed by atoms with Crippen molar-refractivity contribution in [2.24, 2.45) is 5.92 Å². The maximum atomic E-state index is 13.1. The number of rotatable bonds is 10. The molecule has 40 heavy (non-hydrogen) atoms. The van der Waals surface area contributed by atoms with E-state index in [9.17, 15) is 4.79 Å². The number of nitrogens with one attached hydrogen (secondary N) is 2. The van der Waals surface area contributed by atoms with Gasteiger partial charge in [-0.1, -0.05) is 67.9 Å². The van der Waals surface area contributed by atoms with Gasteiger partial charge in [0.2, 0.25) is 11.9 Å². The number of carbonyl (C=O) groups excluding carboxylic acids is 1. The molecule has 2 aromatic carbocycles. The first-order valence-corrected chi connectivity index (χ1v) is 13.0. The van der Waals surface area contributed by atoms with Gasteiger partial charge in [0.05, 0.1) is 18.7 Å². The summed E-state index contributed by atoms with van der Waals surface area (Å²) in [6, 6.07) is 19.1. The van der Waals surface area contributed by atoms with Crippen molar-refractivity contribution in [3.8, 4) is 22.6 Å². The fourth-order valence-corrected chi connectivity index (χ4v) is 4.28. The van der Waals surface area contributed by atoms with E-state index >= 15 is 0 Å². The SMILES string of the molecule is Cc1ccc(CC(=O)Nc2cc(-c3ccccc3-c3nnn[nH]3)nc(N(Cc3ncccn3)CC(C)C)n2)cc1. The number of aromatic amines is 1. The van der Waals surface area contributed by atoms with Crippen LogP contribution in [-0.2, 0) is 17.8 Å². The smallest absolute Gasteiger partial charge is 0.229 e. The lowest BCUT2D eigenvalue weighted by atomic mass is 10.0. The summed E-state index contributed by atoms with van der Waals surface area (Å²) in [4.78, 5) is 33.6. The number of nitrogens with zero attached hydrogens (tertiary/aromatic N) is 8. The summed E-state index contributed by atoms with van der Waals surface area (Å²) in [7, 11) is 0. The average molecular weight is 535 g/mol. The maximum Gasteiger partial charge on any atom is 0.229 e. The van der Waals surface area contributed by atoms with Gasteiger partial charge >= 0.3 is 0 Å². The predicted molar refractivity (Wildman–Crippen MR) is 152 cm³/mol. The quantitative estimate of drug-likeness (QED) is 0.269. The van der Waals surface area contributed by atoms with Crippen LogP contribution in [0, 0.1) is 12.8 Å². The van der Waals surface area contributed by atoms with Crippen molar-refractivity contribution in [1.29, 1.82) is 0 Å². The second kappa shape index (κ2) is 12.2. The topological polar surface area (TPSA) is 138 Å². The number of aromatic nitrogens is 8. The van der Waals surface area contributed by atoms with Crippen molar-refractivity contribution in [3.05, 3.63) is 90.0 Å². The van der Waals surface area contributed by atoms with Crippen LogP contribution in [0.1, 0.15) is 30.8 Å². The fraction of sp³-hybridized carbons (Fsp3) is 0.241. The van der Waals surface area contributed by atoms with Crippen LogP contribution in [0.25, 0.3) is 22.6 Å². The molecule has 0 spiro atoms. The average Bonchev–Trinajstić information content (AvgIpc) is 3.49. The van der Waals surface area contributed by atoms with Gasteiger partial charge in [-0.15, -0.1) is 5.10 Å². The van der Waals surface area contributed by atoms with E-state index in [1.54, 1.807) is 24.5 Å². The molecule has 0 aliphatic carbocycles. The largest absolute Gasteiger partial charge is 0.333 e. The molecule has 0 unspecified atom stereocenters. The van der Waals surface area contributed by atoms with Crippen LogP contribution in [0.5, 0.6) is 0 Å². The van der Waals surface area contributed by atoms with Crippen molar-refractivity contribution < 1.29 is 4.79 Å². The van der Waals surface area contributed by atoms with E-state index in [2.05, 4.69) is 49.8 Å². The molecule has 0 fully saturated rings. The van der Waals surface area contributed by atoms with E-state index in [0.717, 1.165) is 22.3 Å². The molecule has 0 radical (unpaired) electrons. The van der Waals surface area contributed by atoms with Crippen molar-refractivity contribution in [3.63, 3.8) is 0 Å². The van der Waals surface area contributed by atoms with Crippen LogP contribution in [0.2, 0.25) is 0 Å². The van der Waals surface area contributed by atoms with Crippen LogP contribution >= 0.6 is 0 Å². The molecule has 2 N–H and O–H groups in total. The minimum atomic E-state index is -0.172. The second-order valence-electron chi connectivity index (χ2n) is 9.88. The first kappa shape index (κ1) is 26.5. The van der Waals surface area contributed by atoms with Gasteiger partial charge in [-0.2, -0.15) is 4.98 Å². The lowest BCUT2D eigenvalue weighted by Gasteiger charge is -2.25. The van der Waals surface area contributed by atoms with Gasteiger partial charge in [0.1, 0.15) is 11.6 Å². The van der Waals surface area contributed by atoms with Gasteiger partial charge in [0.15, 0.2) is 5.82 Å². The normalized spacial score (nSPS) is 11.0. The molecule has 1 amide bonds. The highest BCUT2D eigenvalue weighted by molar-refractivity contribution is 5.92. The Morgan fingerprint density at radius 2 is 1.73 bits per heavy atom. The van der Waals surface area contributed by atoms with E-state index in [4.69, 9.17) is 9.97 Å². The summed E-state index contributed by atoms with van der Waals surface area (Å²) in [6.45, 7) is 7.33. The Balaban J connectivity index is 1.55. The van der Waals surface area contributed by atoms with E-state index in [-0.39, 0.29) is 12.3 Å². The Morgan fingerprint density at radius 1 is 0.975 bits per heavy atom. The van der Waals surface area contributed by atoms with Gasteiger partial charge in [-0.25, -0.2) is 20.1 Å². The van der Waals surface area contributed by atoms with Gasteiger partial charge in [0.25, 0.3) is 0 Å². The van der Waals surface area contributed by atoms with Gasteiger partial charge in [0, 0.05) is 36.1 Å². The number of hydrogen-bond acceptors (Lipinski definition) is 9. The third-order valence-electron chi connectivity index (χ3n) is 6.09. The van der Waals surface area contributed by atoms with E-state index in [0.29, 0.717) is 48.1 Å². The Hall–Kier alpha value is -5.06. The summed E-state index contributed by atoms with van der Waals surface area (Å²) < 4.78 is 0. The van der Waals surface area contributed by atoms with Crippen molar-refractivity contribution in [2.75, 3.05) is 16.8 Å². The number of aryl methyl sites for hydroxylation is 1. The molecular weight excluding hydrogens is 504 g/mol. The Labute approximate surface area is 232 Å². The van der Waals surface area contributed by atoms with Gasteiger partial charge in [-0.05, 0) is 34.9 Å². The number of benzene rings is 2. The zero-order chi connectivity index (χ0) is 27.9. The minimum absolute atomic E-state index is 0.172. The summed E-state index contributed by atoms with van der Waals surface area (Å²) in [6.07, 6.45) is 3.65. The number of carbonyl (C=O) groups is 1. The van der Waals surface area contributed by atoms with Crippen LogP contribution in [-0.4, -0.2) is 53.0 Å². The number of tetrazole rings is 1. The van der Waals surface area contributed by atoms with E-state index in [1.807, 2.05) is 60.4 Å². The first-order chi connectivity index (χ1) is 19.4. The number of anilines is 2. The fourth-order valence-electron chi connectivity index (χ4n) is 4.28. The number of hydrogen-bond donors (Lipinski definition) is 2. The summed E-state index contributed by atoms with van der Waals surface area (Å²) in [5.41, 5.74) is 4.24. The standard InChI is InChI=1S/C29H30N10O/c1-19(2)17-39(18-26-30-13-6-14-31-26)29-32-24(22-7-4-5-8-23(22)28-35-37-38-36-28)16-25(34-29)33-27(40)15-21-11-9-20(3)10-12-21/h4-14,16,19H,15,17-18H2,1-3H3,(H,32,33,34,40)(H,35,36,37,38). The zero-order valence-electron chi connectivity index (χ0n) is 22.6. The molecule has 0 aliphatic heterocycles. The number of amides is 1. The molecule has 11 nitrogen and oxygen atoms in total. The first-order valence-electron chi connectivity index (χ1n) is 13.0. The molecule has 0 saturated carbocycles. The Kier molecular flexibility index (Phi) is 8.10. The van der Waals surface area contributed by atoms with Gasteiger partial charge < -0.3 is 10.2 Å². The lowest BCUT2D eigenvalue weighted by molar-refractivity contribution is -0.115. The minimum Gasteiger partial charge on any atom is -0.333 e. The molecule has 0 atom stereocenters. The molecule has 0 aliphatic rings. The highest BCUT2D eigenvalue weighted by atomic mass is 16.1. The summed E-state index contributed by atoms with van der Waals surface area (Å²) in [5, 5.41) is 17.4. The van der Waals surface area contributed by atoms with Crippen LogP contribution in [0.3, 0.4) is 0 Å². The molecular formula is C29H30N10O. The maximum absolute atomic E-state index is 13.1. The molecule has 5 aromatic rings. The van der Waals surface area contributed by atoms with E-state index in [1.165, 1.54) is 0 Å². The molecule has 0 bridgehead atoms. The highest BCUT2D eigenvalue weighted by Gasteiger charge is 2.19. The van der Waals surface area contributed by atoms with Crippen LogP contribution < -0.4 is 10.2 Å². The van der Waals surface area contributed by atoms with E-state index < -0.39 is 0 Å². The molecule has 0 saturated heterocycles. The van der Waals surface area contributed by atoms with Gasteiger partial charge in [-0.3, -0.25) is 4.79 Å². The predicted octanol–water partition coefficient (Wildman–Crippen LogP) is 4.27. The second-order valence-corrected chi connectivity index (χ2v) is 9.88. The third-order valence-corrected chi connectivity index (χ3v) is 6.09. The van der Waals surface area contributed by atoms with Crippen molar-refractivity contribution in [1.82, 2.24) is 40.6 Å². The van der Waals surface area contributed by atoms with Crippen LogP contribution in [0.15, 0.2) is 73.1 Å². The third kappa shape index (κ3) is 6.68.